The number of nitrogens with one attached hydrogen (secondary N) is 1. The van der Waals surface area contributed by atoms with Crippen LogP contribution in [-0.2, 0) is 6.42 Å². The van der Waals surface area contributed by atoms with E-state index in [4.69, 9.17) is 19.6 Å². The fraction of sp³-hybridized carbons (Fsp3) is 0.478. The van der Waals surface area contributed by atoms with Crippen molar-refractivity contribution in [2.75, 3.05) is 51.8 Å². The standard InChI is InChI=1S/C23H31N5O2/c1-6-18-16(3)24-22-15-19(17-8-9-20(29-4)21(14-17)30-5)25-28(22)23(18)27-12-10-26(7-2)11-13-27/h8-9,14-15H,6-7,10-13H2,1-5H3/p+1. The number of aryl methyl sites for hydroxylation is 1. The van der Waals surface area contributed by atoms with Gasteiger partial charge in [0, 0.05) is 22.9 Å². The molecule has 1 aliphatic rings. The van der Waals surface area contributed by atoms with Crippen molar-refractivity contribution >= 4 is 11.5 Å². The number of ether oxygens (including phenoxy) is 2. The summed E-state index contributed by atoms with van der Waals surface area (Å²) in [5.41, 5.74) is 5.12. The molecule has 0 unspecified atom stereocenters. The molecule has 0 saturated carbocycles. The van der Waals surface area contributed by atoms with Crippen molar-refractivity contribution in [2.24, 2.45) is 0 Å². The number of benzene rings is 1. The molecule has 1 aliphatic heterocycles. The fourth-order valence-electron chi connectivity index (χ4n) is 4.40. The number of rotatable bonds is 6. The Labute approximate surface area is 178 Å². The molecule has 160 valence electrons. The highest BCUT2D eigenvalue weighted by Crippen LogP contribution is 2.33. The summed E-state index contributed by atoms with van der Waals surface area (Å²) in [5.74, 6) is 2.61. The normalized spacial score (nSPS) is 15.0. The van der Waals surface area contributed by atoms with Crippen molar-refractivity contribution in [3.05, 3.63) is 35.5 Å². The van der Waals surface area contributed by atoms with E-state index in [1.54, 1.807) is 19.1 Å². The van der Waals surface area contributed by atoms with Crippen LogP contribution < -0.4 is 19.3 Å². The van der Waals surface area contributed by atoms with Crippen LogP contribution in [0.1, 0.15) is 25.1 Å². The van der Waals surface area contributed by atoms with Crippen molar-refractivity contribution < 1.29 is 14.4 Å². The number of hydrogen-bond acceptors (Lipinski definition) is 5. The topological polar surface area (TPSA) is 56.3 Å². The summed E-state index contributed by atoms with van der Waals surface area (Å²) in [6.07, 6.45) is 0.941. The summed E-state index contributed by atoms with van der Waals surface area (Å²) in [6, 6.07) is 7.96. The Bertz CT molecular complexity index is 1040. The maximum absolute atomic E-state index is 5.48. The maximum Gasteiger partial charge on any atom is 0.161 e. The van der Waals surface area contributed by atoms with Gasteiger partial charge in [0.05, 0.1) is 52.6 Å². The molecule has 0 atom stereocenters. The van der Waals surface area contributed by atoms with Crippen molar-refractivity contribution in [1.82, 2.24) is 14.6 Å². The Balaban J connectivity index is 1.81. The first-order chi connectivity index (χ1) is 14.6. The van der Waals surface area contributed by atoms with E-state index in [1.807, 2.05) is 22.7 Å². The van der Waals surface area contributed by atoms with Gasteiger partial charge in [0.1, 0.15) is 5.82 Å². The third-order valence-corrected chi connectivity index (χ3v) is 6.18. The summed E-state index contributed by atoms with van der Waals surface area (Å²) >= 11 is 0. The van der Waals surface area contributed by atoms with Gasteiger partial charge in [-0.15, -0.1) is 0 Å². The number of anilines is 1. The number of likely N-dealkylation sites (N-methyl/N-ethyl adjacent to an activating group) is 1. The van der Waals surface area contributed by atoms with E-state index in [9.17, 15) is 0 Å². The lowest BCUT2D eigenvalue weighted by Crippen LogP contribution is -3.14. The van der Waals surface area contributed by atoms with E-state index in [1.165, 1.54) is 17.9 Å². The zero-order valence-corrected chi connectivity index (χ0v) is 18.7. The number of aromatic nitrogens is 3. The molecule has 0 amide bonds. The van der Waals surface area contributed by atoms with Crippen molar-refractivity contribution in [1.29, 1.82) is 0 Å². The van der Waals surface area contributed by atoms with Gasteiger partial charge in [0.2, 0.25) is 0 Å². The maximum atomic E-state index is 5.48. The number of piperazine rings is 1. The first-order valence-corrected chi connectivity index (χ1v) is 10.8. The van der Waals surface area contributed by atoms with Crippen LogP contribution in [0.15, 0.2) is 24.3 Å². The zero-order chi connectivity index (χ0) is 21.3. The average molecular weight is 411 g/mol. The molecule has 3 heterocycles. The third-order valence-electron chi connectivity index (χ3n) is 6.18. The second kappa shape index (κ2) is 8.52. The summed E-state index contributed by atoms with van der Waals surface area (Å²) in [6.45, 7) is 12.2. The summed E-state index contributed by atoms with van der Waals surface area (Å²) in [7, 11) is 3.30. The molecule has 1 N–H and O–H groups in total. The number of quaternary nitrogens is 1. The molecule has 1 fully saturated rings. The summed E-state index contributed by atoms with van der Waals surface area (Å²) in [5, 5.41) is 4.99. The monoisotopic (exact) mass is 410 g/mol. The molecular weight excluding hydrogens is 378 g/mol. The number of methoxy groups -OCH3 is 2. The Morgan fingerprint density at radius 2 is 1.77 bits per heavy atom. The highest BCUT2D eigenvalue weighted by Gasteiger charge is 2.25. The fourth-order valence-corrected chi connectivity index (χ4v) is 4.40. The number of hydrogen-bond donors (Lipinski definition) is 1. The summed E-state index contributed by atoms with van der Waals surface area (Å²) in [4.78, 5) is 9.02. The lowest BCUT2D eigenvalue weighted by molar-refractivity contribution is -0.898. The van der Waals surface area contributed by atoms with Gasteiger partial charge >= 0.3 is 0 Å². The number of nitrogens with zero attached hydrogens (tertiary/aromatic N) is 4. The van der Waals surface area contributed by atoms with Gasteiger partial charge in [0.25, 0.3) is 0 Å². The molecule has 3 aromatic rings. The minimum absolute atomic E-state index is 0.698. The van der Waals surface area contributed by atoms with Crippen molar-refractivity contribution in [2.45, 2.75) is 27.2 Å². The Kier molecular flexibility index (Phi) is 5.81. The molecule has 7 nitrogen and oxygen atoms in total. The van der Waals surface area contributed by atoms with E-state index < -0.39 is 0 Å². The molecule has 2 aromatic heterocycles. The van der Waals surface area contributed by atoms with Crippen LogP contribution in [0.2, 0.25) is 0 Å². The molecule has 4 rings (SSSR count). The van der Waals surface area contributed by atoms with Gasteiger partial charge in [-0.05, 0) is 38.5 Å². The van der Waals surface area contributed by atoms with Gasteiger partial charge in [0.15, 0.2) is 17.1 Å². The Hall–Kier alpha value is -2.80. The van der Waals surface area contributed by atoms with E-state index >= 15 is 0 Å². The average Bonchev–Trinajstić information content (AvgIpc) is 3.21. The van der Waals surface area contributed by atoms with E-state index in [-0.39, 0.29) is 0 Å². The van der Waals surface area contributed by atoms with Gasteiger partial charge in [-0.3, -0.25) is 0 Å². The molecular formula is C23H32N5O2+. The minimum Gasteiger partial charge on any atom is -0.493 e. The van der Waals surface area contributed by atoms with Gasteiger partial charge in [-0.25, -0.2) is 4.98 Å². The van der Waals surface area contributed by atoms with Gasteiger partial charge < -0.3 is 19.3 Å². The smallest absolute Gasteiger partial charge is 0.161 e. The van der Waals surface area contributed by atoms with E-state index in [0.717, 1.165) is 55.2 Å². The van der Waals surface area contributed by atoms with Crippen molar-refractivity contribution in [3.8, 4) is 22.8 Å². The second-order valence-electron chi connectivity index (χ2n) is 7.81. The lowest BCUT2D eigenvalue weighted by Gasteiger charge is -2.34. The Morgan fingerprint density at radius 1 is 1.03 bits per heavy atom. The molecule has 30 heavy (non-hydrogen) atoms. The molecule has 1 saturated heterocycles. The largest absolute Gasteiger partial charge is 0.493 e. The Morgan fingerprint density at radius 3 is 2.40 bits per heavy atom. The molecule has 0 spiro atoms. The molecule has 0 radical (unpaired) electrons. The minimum atomic E-state index is 0.698. The van der Waals surface area contributed by atoms with Crippen LogP contribution in [0.25, 0.3) is 16.9 Å². The highest BCUT2D eigenvalue weighted by atomic mass is 16.5. The van der Waals surface area contributed by atoms with Crippen LogP contribution in [0, 0.1) is 6.92 Å². The molecule has 0 aliphatic carbocycles. The lowest BCUT2D eigenvalue weighted by atomic mass is 10.1. The first-order valence-electron chi connectivity index (χ1n) is 10.8. The highest BCUT2D eigenvalue weighted by molar-refractivity contribution is 5.69. The first kappa shape index (κ1) is 20.5. The molecule has 1 aromatic carbocycles. The van der Waals surface area contributed by atoms with Crippen LogP contribution in [-0.4, -0.2) is 61.5 Å². The molecule has 0 bridgehead atoms. The predicted octanol–water partition coefficient (Wildman–Crippen LogP) is 2.01. The van der Waals surface area contributed by atoms with E-state index in [0.29, 0.717) is 11.5 Å². The summed E-state index contributed by atoms with van der Waals surface area (Å²) < 4.78 is 12.9. The third kappa shape index (κ3) is 3.58. The van der Waals surface area contributed by atoms with Crippen LogP contribution in [0.5, 0.6) is 11.5 Å². The van der Waals surface area contributed by atoms with Crippen LogP contribution in [0.4, 0.5) is 5.82 Å². The number of fused-ring (bicyclic) bond motifs is 1. The van der Waals surface area contributed by atoms with Gasteiger partial charge in [-0.2, -0.15) is 9.61 Å². The van der Waals surface area contributed by atoms with Crippen molar-refractivity contribution in [3.63, 3.8) is 0 Å². The van der Waals surface area contributed by atoms with Gasteiger partial charge in [-0.1, -0.05) is 6.92 Å². The van der Waals surface area contributed by atoms with Crippen LogP contribution >= 0.6 is 0 Å². The zero-order valence-electron chi connectivity index (χ0n) is 18.7. The van der Waals surface area contributed by atoms with Crippen LogP contribution in [0.3, 0.4) is 0 Å². The molecule has 7 heteroatoms. The SMILES string of the molecule is CCc1c(C)nc2cc(-c3ccc(OC)c(OC)c3)nn2c1N1CC[NH+](CC)CC1. The quantitative estimate of drug-likeness (QED) is 0.674. The second-order valence-corrected chi connectivity index (χ2v) is 7.81. The predicted molar refractivity (Wildman–Crippen MR) is 119 cm³/mol. The van der Waals surface area contributed by atoms with E-state index in [2.05, 4.69) is 31.7 Å².